The third kappa shape index (κ3) is 5.57. The fourth-order valence-electron chi connectivity index (χ4n) is 5.90. The lowest BCUT2D eigenvalue weighted by Crippen LogP contribution is -2.49. The average molecular weight is 413 g/mol. The Morgan fingerprint density at radius 3 is 2.43 bits per heavy atom. The Morgan fingerprint density at radius 1 is 1.00 bits per heavy atom. The molecule has 1 heterocycles. The number of hydrogen-bond acceptors (Lipinski definition) is 3. The number of nitrogens with zero attached hydrogens (tertiary/aromatic N) is 2. The Kier molecular flexibility index (Phi) is 7.70. The second kappa shape index (κ2) is 10.7. The van der Waals surface area contributed by atoms with Crippen molar-refractivity contribution in [2.75, 3.05) is 26.7 Å². The average Bonchev–Trinajstić information content (AvgIpc) is 3.20. The molecule has 2 aliphatic carbocycles. The van der Waals surface area contributed by atoms with Crippen LogP contribution in [-0.2, 0) is 11.2 Å². The molecule has 1 aliphatic heterocycles. The van der Waals surface area contributed by atoms with E-state index in [1.807, 2.05) is 0 Å². The Bertz CT molecular complexity index is 652. The smallest absolute Gasteiger partial charge is 0.409 e. The fraction of sp³-hybridized carbons (Fsp3) is 0.731. The summed E-state index contributed by atoms with van der Waals surface area (Å²) in [5, 5.41) is 0. The highest BCUT2D eigenvalue weighted by molar-refractivity contribution is 5.68. The van der Waals surface area contributed by atoms with Gasteiger partial charge in [0.15, 0.2) is 0 Å². The maximum Gasteiger partial charge on any atom is 0.409 e. The summed E-state index contributed by atoms with van der Waals surface area (Å²) in [6.45, 7) is 3.76. The van der Waals surface area contributed by atoms with Crippen molar-refractivity contribution < 1.29 is 9.53 Å². The second-order valence-electron chi connectivity index (χ2n) is 9.92. The van der Waals surface area contributed by atoms with E-state index in [9.17, 15) is 4.79 Å². The molecule has 4 nitrogen and oxygen atoms in total. The molecule has 1 aromatic rings. The van der Waals surface area contributed by atoms with Gasteiger partial charge in [0, 0.05) is 18.6 Å². The van der Waals surface area contributed by atoms with Gasteiger partial charge in [-0.2, -0.15) is 0 Å². The van der Waals surface area contributed by atoms with Crippen LogP contribution in [0, 0.1) is 11.8 Å². The number of benzene rings is 1. The van der Waals surface area contributed by atoms with Gasteiger partial charge in [-0.1, -0.05) is 36.8 Å². The lowest BCUT2D eigenvalue weighted by atomic mass is 9.89. The zero-order chi connectivity index (χ0) is 20.8. The van der Waals surface area contributed by atoms with Gasteiger partial charge in [0.25, 0.3) is 0 Å². The minimum atomic E-state index is -0.0957. The number of carbonyl (C=O) groups is 1. The van der Waals surface area contributed by atoms with E-state index in [4.69, 9.17) is 4.74 Å². The number of amides is 1. The molecule has 2 saturated carbocycles. The van der Waals surface area contributed by atoms with Crippen molar-refractivity contribution in [3.63, 3.8) is 0 Å². The SMILES string of the molecule is COC(=O)N(C1CCC1)C1CCC(CN2CCC(CCCc3ccccc3)CC2)C1. The van der Waals surface area contributed by atoms with Crippen LogP contribution in [0.5, 0.6) is 0 Å². The van der Waals surface area contributed by atoms with E-state index in [0.717, 1.165) is 31.1 Å². The third-order valence-corrected chi connectivity index (χ3v) is 7.90. The van der Waals surface area contributed by atoms with E-state index in [0.29, 0.717) is 12.1 Å². The molecule has 1 amide bonds. The number of methoxy groups -OCH3 is 1. The van der Waals surface area contributed by atoms with E-state index < -0.39 is 0 Å². The van der Waals surface area contributed by atoms with Gasteiger partial charge in [-0.05, 0) is 94.7 Å². The van der Waals surface area contributed by atoms with Crippen LogP contribution in [0.3, 0.4) is 0 Å². The first-order valence-corrected chi connectivity index (χ1v) is 12.4. The van der Waals surface area contributed by atoms with Crippen molar-refractivity contribution in [3.8, 4) is 0 Å². The Balaban J connectivity index is 1.15. The summed E-state index contributed by atoms with van der Waals surface area (Å²) in [5.41, 5.74) is 1.48. The molecular formula is C26H40N2O2. The number of piperidine rings is 1. The summed E-state index contributed by atoms with van der Waals surface area (Å²) in [5.74, 6) is 1.66. The van der Waals surface area contributed by atoms with Crippen LogP contribution in [-0.4, -0.2) is 54.7 Å². The summed E-state index contributed by atoms with van der Waals surface area (Å²) in [4.78, 5) is 17.1. The van der Waals surface area contributed by atoms with E-state index >= 15 is 0 Å². The Labute approximate surface area is 183 Å². The van der Waals surface area contributed by atoms with Gasteiger partial charge >= 0.3 is 6.09 Å². The standard InChI is InChI=1S/C26H40N2O2/c1-30-26(29)28(24-11-6-12-24)25-14-13-23(19-25)20-27-17-15-22(16-18-27)10-5-9-21-7-3-2-4-8-21/h2-4,7-8,22-25H,5-6,9-20H2,1H3. The number of ether oxygens (including phenoxy) is 1. The quantitative estimate of drug-likeness (QED) is 0.564. The van der Waals surface area contributed by atoms with Crippen molar-refractivity contribution in [1.29, 1.82) is 0 Å². The van der Waals surface area contributed by atoms with Crippen LogP contribution in [0.2, 0.25) is 0 Å². The highest BCUT2D eigenvalue weighted by Gasteiger charge is 2.39. The van der Waals surface area contributed by atoms with Crippen LogP contribution >= 0.6 is 0 Å². The molecule has 0 radical (unpaired) electrons. The first-order chi connectivity index (χ1) is 14.7. The maximum absolute atomic E-state index is 12.3. The van der Waals surface area contributed by atoms with E-state index in [1.54, 1.807) is 0 Å². The van der Waals surface area contributed by atoms with Gasteiger partial charge in [0.05, 0.1) is 7.11 Å². The fourth-order valence-corrected chi connectivity index (χ4v) is 5.90. The topological polar surface area (TPSA) is 32.8 Å². The van der Waals surface area contributed by atoms with Crippen molar-refractivity contribution in [2.45, 2.75) is 82.7 Å². The summed E-state index contributed by atoms with van der Waals surface area (Å²) >= 11 is 0. The van der Waals surface area contributed by atoms with Gasteiger partial charge in [0.1, 0.15) is 0 Å². The minimum Gasteiger partial charge on any atom is -0.453 e. The predicted molar refractivity (Wildman–Crippen MR) is 122 cm³/mol. The molecule has 0 spiro atoms. The molecule has 3 fully saturated rings. The highest BCUT2D eigenvalue weighted by atomic mass is 16.5. The summed E-state index contributed by atoms with van der Waals surface area (Å²) in [6.07, 6.45) is 13.7. The zero-order valence-corrected chi connectivity index (χ0v) is 18.8. The molecule has 0 aromatic heterocycles. The van der Waals surface area contributed by atoms with Gasteiger partial charge in [-0.15, -0.1) is 0 Å². The molecule has 1 aromatic carbocycles. The van der Waals surface area contributed by atoms with Gasteiger partial charge in [-0.25, -0.2) is 4.79 Å². The summed E-state index contributed by atoms with van der Waals surface area (Å²) in [6, 6.07) is 11.8. The van der Waals surface area contributed by atoms with E-state index in [2.05, 4.69) is 40.1 Å². The van der Waals surface area contributed by atoms with Gasteiger partial charge in [-0.3, -0.25) is 0 Å². The summed E-state index contributed by atoms with van der Waals surface area (Å²) in [7, 11) is 1.53. The monoisotopic (exact) mass is 412 g/mol. The van der Waals surface area contributed by atoms with Crippen molar-refractivity contribution >= 4 is 6.09 Å². The molecule has 4 heteroatoms. The number of hydrogen-bond donors (Lipinski definition) is 0. The maximum atomic E-state index is 12.3. The predicted octanol–water partition coefficient (Wildman–Crippen LogP) is 5.51. The molecule has 3 aliphatic rings. The normalized spacial score (nSPS) is 25.8. The molecule has 2 atom stereocenters. The first kappa shape index (κ1) is 21.7. The van der Waals surface area contributed by atoms with Crippen LogP contribution in [0.1, 0.15) is 69.8 Å². The first-order valence-electron chi connectivity index (χ1n) is 12.4. The minimum absolute atomic E-state index is 0.0957. The second-order valence-corrected chi connectivity index (χ2v) is 9.92. The Hall–Kier alpha value is -1.55. The number of likely N-dealkylation sites (tertiary alicyclic amines) is 1. The van der Waals surface area contributed by atoms with Crippen molar-refractivity contribution in [1.82, 2.24) is 9.80 Å². The van der Waals surface area contributed by atoms with Gasteiger partial charge < -0.3 is 14.5 Å². The number of aryl methyl sites for hydroxylation is 1. The van der Waals surface area contributed by atoms with E-state index in [-0.39, 0.29) is 6.09 Å². The number of rotatable bonds is 8. The van der Waals surface area contributed by atoms with Crippen LogP contribution in [0.15, 0.2) is 30.3 Å². The highest BCUT2D eigenvalue weighted by Crippen LogP contribution is 2.36. The lowest BCUT2D eigenvalue weighted by molar-refractivity contribution is 0.0558. The molecule has 166 valence electrons. The molecule has 1 saturated heterocycles. The summed E-state index contributed by atoms with van der Waals surface area (Å²) < 4.78 is 5.12. The van der Waals surface area contributed by atoms with Crippen LogP contribution < -0.4 is 0 Å². The van der Waals surface area contributed by atoms with Crippen molar-refractivity contribution in [3.05, 3.63) is 35.9 Å². The molecular weight excluding hydrogens is 372 g/mol. The third-order valence-electron chi connectivity index (χ3n) is 7.90. The molecule has 30 heavy (non-hydrogen) atoms. The molecule has 2 unspecified atom stereocenters. The van der Waals surface area contributed by atoms with E-state index in [1.165, 1.54) is 83.7 Å². The van der Waals surface area contributed by atoms with Crippen LogP contribution in [0.25, 0.3) is 0 Å². The lowest BCUT2D eigenvalue weighted by Gasteiger charge is -2.40. The zero-order valence-electron chi connectivity index (χ0n) is 18.8. The van der Waals surface area contributed by atoms with Crippen LogP contribution in [0.4, 0.5) is 4.79 Å². The molecule has 4 rings (SSSR count). The Morgan fingerprint density at radius 2 is 1.77 bits per heavy atom. The molecule has 0 bridgehead atoms. The molecule has 0 N–H and O–H groups in total. The number of carbonyl (C=O) groups excluding carboxylic acids is 1. The largest absolute Gasteiger partial charge is 0.453 e. The van der Waals surface area contributed by atoms with Crippen molar-refractivity contribution in [2.24, 2.45) is 11.8 Å². The van der Waals surface area contributed by atoms with Gasteiger partial charge in [0.2, 0.25) is 0 Å².